The molecule has 0 saturated heterocycles. The Labute approximate surface area is 188 Å². The fourth-order valence-corrected chi connectivity index (χ4v) is 4.98. The number of aromatic nitrogens is 3. The first kappa shape index (κ1) is 23.8. The Morgan fingerprint density at radius 1 is 1.22 bits per heavy atom. The van der Waals surface area contributed by atoms with Gasteiger partial charge in [0.25, 0.3) is 0 Å². The highest BCUT2D eigenvalue weighted by atomic mass is 32.2. The molecule has 0 aliphatic carbocycles. The molecule has 0 atom stereocenters. The molecular weight excluding hydrogens is 428 g/mol. The number of aliphatic hydroxyl groups is 1. The number of carbonyl (C=O) groups is 1. The molecule has 0 bridgehead atoms. The number of pyridine rings is 1. The number of ketones is 1. The van der Waals surface area contributed by atoms with Crippen molar-refractivity contribution in [2.24, 2.45) is 0 Å². The highest BCUT2D eigenvalue weighted by Crippen LogP contribution is 2.26. The predicted octanol–water partition coefficient (Wildman–Crippen LogP) is 2.43. The van der Waals surface area contributed by atoms with Crippen LogP contribution in [0.25, 0.3) is 11.4 Å². The van der Waals surface area contributed by atoms with Gasteiger partial charge in [-0.05, 0) is 37.6 Å². The van der Waals surface area contributed by atoms with Crippen LogP contribution in [0.2, 0.25) is 0 Å². The Hall–Kier alpha value is -2.88. The fourth-order valence-electron chi connectivity index (χ4n) is 3.58. The minimum Gasteiger partial charge on any atom is -0.396 e. The summed E-state index contributed by atoms with van der Waals surface area (Å²) in [6.45, 7) is 7.68. The highest BCUT2D eigenvalue weighted by molar-refractivity contribution is 7.89. The number of carbonyl (C=O) groups excluding carboxylic acids is 1. The summed E-state index contributed by atoms with van der Waals surface area (Å²) in [5.74, 6) is 0.368. The van der Waals surface area contributed by atoms with Crippen molar-refractivity contribution in [3.05, 3.63) is 66.3 Å². The number of hydrogen-bond donors (Lipinski definition) is 1. The third-order valence-electron chi connectivity index (χ3n) is 5.18. The van der Waals surface area contributed by atoms with Crippen molar-refractivity contribution in [3.63, 3.8) is 0 Å². The fraction of sp³-hybridized carbons (Fsp3) is 0.348. The molecule has 2 aliphatic rings. The lowest BCUT2D eigenvalue weighted by Crippen LogP contribution is -2.36. The number of rotatable bonds is 11. The van der Waals surface area contributed by atoms with Crippen molar-refractivity contribution in [1.82, 2.24) is 18.8 Å². The highest BCUT2D eigenvalue weighted by Gasteiger charge is 2.25. The maximum Gasteiger partial charge on any atom is 0.243 e. The van der Waals surface area contributed by atoms with Crippen LogP contribution in [0.4, 0.5) is 0 Å². The Balaban J connectivity index is 1.87. The number of Topliss-reactive ketones (excluding diaryl/α,β-unsaturated/α-hetero) is 1. The molecule has 1 aromatic carbocycles. The van der Waals surface area contributed by atoms with Gasteiger partial charge in [-0.1, -0.05) is 18.2 Å². The summed E-state index contributed by atoms with van der Waals surface area (Å²) in [6, 6.07) is 8.60. The summed E-state index contributed by atoms with van der Waals surface area (Å²) in [7, 11) is -3.88. The van der Waals surface area contributed by atoms with Gasteiger partial charge >= 0.3 is 0 Å². The Bertz CT molecular complexity index is 1170. The Morgan fingerprint density at radius 3 is 2.56 bits per heavy atom. The molecule has 170 valence electrons. The van der Waals surface area contributed by atoms with Crippen LogP contribution in [-0.4, -0.2) is 57.8 Å². The summed E-state index contributed by atoms with van der Waals surface area (Å²) in [6.07, 6.45) is 3.91. The van der Waals surface area contributed by atoms with Crippen molar-refractivity contribution in [3.8, 4) is 11.4 Å². The van der Waals surface area contributed by atoms with Gasteiger partial charge in [0.15, 0.2) is 0 Å². The summed E-state index contributed by atoms with van der Waals surface area (Å²) in [5, 5.41) is 8.94. The maximum atomic E-state index is 13.1. The lowest BCUT2D eigenvalue weighted by Gasteiger charge is -2.20. The summed E-state index contributed by atoms with van der Waals surface area (Å²) >= 11 is 0. The van der Waals surface area contributed by atoms with E-state index in [2.05, 4.69) is 28.0 Å². The van der Waals surface area contributed by atoms with Crippen LogP contribution < -0.4 is 0 Å². The van der Waals surface area contributed by atoms with Gasteiger partial charge in [0, 0.05) is 32.1 Å². The monoisotopic (exact) mass is 456 g/mol. The zero-order chi connectivity index (χ0) is 23.3. The van der Waals surface area contributed by atoms with Gasteiger partial charge in [-0.25, -0.2) is 18.4 Å². The molecule has 2 aliphatic heterocycles. The molecule has 3 rings (SSSR count). The average Bonchev–Trinajstić information content (AvgIpc) is 3.15. The lowest BCUT2D eigenvalue weighted by molar-refractivity contribution is -0.119. The van der Waals surface area contributed by atoms with Crippen molar-refractivity contribution >= 4 is 15.8 Å². The molecular formula is C23H28N4O4S. The summed E-state index contributed by atoms with van der Waals surface area (Å²) in [4.78, 5) is 21.0. The van der Waals surface area contributed by atoms with E-state index in [0.717, 1.165) is 39.3 Å². The van der Waals surface area contributed by atoms with Crippen LogP contribution >= 0.6 is 0 Å². The van der Waals surface area contributed by atoms with E-state index < -0.39 is 10.0 Å². The van der Waals surface area contributed by atoms with Crippen LogP contribution in [0.1, 0.15) is 30.4 Å². The molecule has 9 heteroatoms. The molecule has 0 radical (unpaired) electrons. The minimum absolute atomic E-state index is 0.00869. The smallest absolute Gasteiger partial charge is 0.243 e. The second-order valence-electron chi connectivity index (χ2n) is 7.47. The lowest BCUT2D eigenvalue weighted by atomic mass is 10.1. The van der Waals surface area contributed by atoms with E-state index in [4.69, 9.17) is 5.11 Å². The summed E-state index contributed by atoms with van der Waals surface area (Å²) in [5.41, 5.74) is 3.65. The van der Waals surface area contributed by atoms with Crippen LogP contribution in [0.3, 0.4) is 0 Å². The minimum atomic E-state index is -3.88. The van der Waals surface area contributed by atoms with Gasteiger partial charge in [-0.15, -0.1) is 6.58 Å². The van der Waals surface area contributed by atoms with E-state index in [-0.39, 0.29) is 36.8 Å². The zero-order valence-corrected chi connectivity index (χ0v) is 19.2. The molecule has 0 spiro atoms. The average molecular weight is 457 g/mol. The molecule has 0 amide bonds. The number of benzene rings is 1. The van der Waals surface area contributed by atoms with Crippen molar-refractivity contribution in [2.45, 2.75) is 38.1 Å². The van der Waals surface area contributed by atoms with Gasteiger partial charge in [0.1, 0.15) is 17.3 Å². The number of aryl methyl sites for hydroxylation is 2. The topological polar surface area (TPSA) is 105 Å². The SMILES string of the molecule is C=CCN(CC(=O)CCO)S(=O)(=O)c1ccc(Cc2c3nc(C)nc-3ccn2CC)cc1. The van der Waals surface area contributed by atoms with Gasteiger partial charge < -0.3 is 9.67 Å². The molecule has 0 aromatic heterocycles. The normalized spacial score (nSPS) is 11.9. The van der Waals surface area contributed by atoms with E-state index in [1.54, 1.807) is 24.3 Å². The predicted molar refractivity (Wildman–Crippen MR) is 122 cm³/mol. The third kappa shape index (κ3) is 5.12. The molecule has 0 fully saturated rings. The summed E-state index contributed by atoms with van der Waals surface area (Å²) < 4.78 is 29.3. The van der Waals surface area contributed by atoms with Gasteiger partial charge in [0.2, 0.25) is 10.0 Å². The van der Waals surface area contributed by atoms with Crippen molar-refractivity contribution in [2.75, 3.05) is 19.7 Å². The van der Waals surface area contributed by atoms with E-state index in [9.17, 15) is 13.2 Å². The number of imidazole rings is 1. The van der Waals surface area contributed by atoms with Crippen molar-refractivity contribution < 1.29 is 18.3 Å². The van der Waals surface area contributed by atoms with E-state index in [1.807, 2.05) is 19.2 Å². The quantitative estimate of drug-likeness (QED) is 0.444. The van der Waals surface area contributed by atoms with Crippen LogP contribution in [0.15, 0.2) is 54.1 Å². The first-order valence-corrected chi connectivity index (χ1v) is 11.9. The van der Waals surface area contributed by atoms with E-state index in [0.29, 0.717) is 6.42 Å². The first-order chi connectivity index (χ1) is 15.3. The standard InChI is InChI=1S/C23H28N4O4S/c1-4-12-27(16-19(29)11-14-28)32(30,31)20-8-6-18(7-9-20)15-22-23-21(24-17(3)25-23)10-13-26(22)5-2/h4,6-10,13,28H,1,5,11-12,14-16H2,2-3H3. The molecule has 0 saturated carbocycles. The Kier molecular flexibility index (Phi) is 7.55. The number of fused-ring (bicyclic) bond motifs is 1. The number of hydrogen-bond acceptors (Lipinski definition) is 6. The molecule has 1 N–H and O–H groups in total. The van der Waals surface area contributed by atoms with Crippen LogP contribution in [0, 0.1) is 6.92 Å². The van der Waals surface area contributed by atoms with Gasteiger partial charge in [-0.2, -0.15) is 4.31 Å². The third-order valence-corrected chi connectivity index (χ3v) is 7.01. The van der Waals surface area contributed by atoms with Crippen molar-refractivity contribution in [1.29, 1.82) is 0 Å². The maximum absolute atomic E-state index is 13.1. The molecule has 32 heavy (non-hydrogen) atoms. The van der Waals surface area contributed by atoms with E-state index >= 15 is 0 Å². The second kappa shape index (κ2) is 10.2. The van der Waals surface area contributed by atoms with Gasteiger partial charge in [-0.3, -0.25) is 4.79 Å². The number of aliphatic hydroxyl groups excluding tert-OH is 1. The number of sulfonamides is 1. The largest absolute Gasteiger partial charge is 0.396 e. The van der Waals surface area contributed by atoms with E-state index in [1.165, 1.54) is 6.08 Å². The molecule has 2 heterocycles. The molecule has 1 aromatic rings. The number of nitrogens with zero attached hydrogens (tertiary/aromatic N) is 4. The second-order valence-corrected chi connectivity index (χ2v) is 9.41. The Morgan fingerprint density at radius 2 is 1.94 bits per heavy atom. The molecule has 0 unspecified atom stereocenters. The van der Waals surface area contributed by atoms with Gasteiger partial charge in [0.05, 0.1) is 29.4 Å². The van der Waals surface area contributed by atoms with Crippen LogP contribution in [0.5, 0.6) is 0 Å². The van der Waals surface area contributed by atoms with Crippen LogP contribution in [-0.2, 0) is 27.8 Å². The first-order valence-electron chi connectivity index (χ1n) is 10.4. The molecule has 8 nitrogen and oxygen atoms in total. The zero-order valence-electron chi connectivity index (χ0n) is 18.4.